The lowest BCUT2D eigenvalue weighted by atomic mass is 10.3. The summed E-state index contributed by atoms with van der Waals surface area (Å²) in [6.07, 6.45) is 1.68. The maximum atomic E-state index is 12.7. The summed E-state index contributed by atoms with van der Waals surface area (Å²) in [5, 5.41) is 6.20. The Hall–Kier alpha value is -3.44. The predicted octanol–water partition coefficient (Wildman–Crippen LogP) is 2.33. The van der Waals surface area contributed by atoms with Gasteiger partial charge in [0.2, 0.25) is 10.0 Å². The SMILES string of the molecule is COc1ccc(OC)c(S(=O)(=O)NCCNc2cc(Nc3ccccn3)nc(C)n2)c1. The van der Waals surface area contributed by atoms with Crippen LogP contribution in [0.1, 0.15) is 5.82 Å². The third-order valence-electron chi connectivity index (χ3n) is 4.14. The predicted molar refractivity (Wildman–Crippen MR) is 118 cm³/mol. The highest BCUT2D eigenvalue weighted by molar-refractivity contribution is 7.89. The normalized spacial score (nSPS) is 11.1. The van der Waals surface area contributed by atoms with E-state index in [-0.39, 0.29) is 17.2 Å². The highest BCUT2D eigenvalue weighted by Crippen LogP contribution is 2.27. The van der Waals surface area contributed by atoms with Crippen LogP contribution in [0.2, 0.25) is 0 Å². The van der Waals surface area contributed by atoms with Crippen molar-refractivity contribution in [2.75, 3.05) is 37.9 Å². The van der Waals surface area contributed by atoms with Crippen LogP contribution in [0.15, 0.2) is 53.6 Å². The number of sulfonamides is 1. The summed E-state index contributed by atoms with van der Waals surface area (Å²) in [5.74, 6) is 3.01. The molecule has 3 N–H and O–H groups in total. The van der Waals surface area contributed by atoms with E-state index in [1.807, 2.05) is 18.2 Å². The van der Waals surface area contributed by atoms with Crippen molar-refractivity contribution in [3.63, 3.8) is 0 Å². The molecule has 0 aliphatic heterocycles. The Morgan fingerprint density at radius 1 is 0.935 bits per heavy atom. The first-order valence-corrected chi connectivity index (χ1v) is 10.9. The molecule has 3 aromatic rings. The van der Waals surface area contributed by atoms with Gasteiger partial charge in [-0.05, 0) is 31.2 Å². The minimum Gasteiger partial charge on any atom is -0.497 e. The molecule has 31 heavy (non-hydrogen) atoms. The number of aryl methyl sites for hydroxylation is 1. The zero-order valence-electron chi connectivity index (χ0n) is 17.4. The van der Waals surface area contributed by atoms with Crippen LogP contribution in [0.4, 0.5) is 17.5 Å². The van der Waals surface area contributed by atoms with Crippen LogP contribution in [-0.2, 0) is 10.0 Å². The average molecular weight is 445 g/mol. The van der Waals surface area contributed by atoms with E-state index in [9.17, 15) is 8.42 Å². The molecular weight excluding hydrogens is 420 g/mol. The standard InChI is InChI=1S/C20H24N6O4S/c1-14-24-19(13-20(25-14)26-18-6-4-5-9-21-18)22-10-11-23-31(27,28)17-12-15(29-2)7-8-16(17)30-3/h4-9,12-13,23H,10-11H2,1-3H3,(H2,21,22,24,25,26). The van der Waals surface area contributed by atoms with Crippen molar-refractivity contribution in [3.8, 4) is 11.5 Å². The number of nitrogens with one attached hydrogen (secondary N) is 3. The molecule has 164 valence electrons. The average Bonchev–Trinajstić information content (AvgIpc) is 2.76. The zero-order chi connectivity index (χ0) is 22.3. The molecule has 0 spiro atoms. The summed E-state index contributed by atoms with van der Waals surface area (Å²) in [5.41, 5.74) is 0. The first kappa shape index (κ1) is 22.2. The molecule has 0 unspecified atom stereocenters. The molecule has 2 heterocycles. The van der Waals surface area contributed by atoms with Crippen LogP contribution in [0.5, 0.6) is 11.5 Å². The number of methoxy groups -OCH3 is 2. The molecule has 0 bridgehead atoms. The number of ether oxygens (including phenoxy) is 2. The molecule has 0 saturated heterocycles. The third-order valence-corrected chi connectivity index (χ3v) is 5.62. The lowest BCUT2D eigenvalue weighted by Crippen LogP contribution is -2.29. The first-order chi connectivity index (χ1) is 14.9. The molecule has 0 aliphatic rings. The van der Waals surface area contributed by atoms with E-state index in [1.54, 1.807) is 31.3 Å². The monoisotopic (exact) mass is 444 g/mol. The maximum Gasteiger partial charge on any atom is 0.244 e. The number of hydrogen-bond donors (Lipinski definition) is 3. The van der Waals surface area contributed by atoms with Crippen LogP contribution in [0.3, 0.4) is 0 Å². The van der Waals surface area contributed by atoms with Crippen LogP contribution in [-0.4, -0.2) is 50.7 Å². The second-order valence-corrected chi connectivity index (χ2v) is 8.10. The molecule has 1 aromatic carbocycles. The highest BCUT2D eigenvalue weighted by Gasteiger charge is 2.20. The summed E-state index contributed by atoms with van der Waals surface area (Å²) < 4.78 is 38.2. The van der Waals surface area contributed by atoms with E-state index in [4.69, 9.17) is 9.47 Å². The minimum atomic E-state index is -3.80. The fourth-order valence-electron chi connectivity index (χ4n) is 2.74. The van der Waals surface area contributed by atoms with E-state index in [0.29, 0.717) is 35.6 Å². The van der Waals surface area contributed by atoms with Crippen LogP contribution >= 0.6 is 0 Å². The fraction of sp³-hybridized carbons (Fsp3) is 0.250. The quantitative estimate of drug-likeness (QED) is 0.404. The second-order valence-electron chi connectivity index (χ2n) is 6.37. The molecular formula is C20H24N6O4S. The molecule has 0 aliphatic carbocycles. The van der Waals surface area contributed by atoms with Crippen molar-refractivity contribution >= 4 is 27.5 Å². The van der Waals surface area contributed by atoms with Crippen molar-refractivity contribution in [3.05, 3.63) is 54.5 Å². The van der Waals surface area contributed by atoms with Crippen molar-refractivity contribution in [2.45, 2.75) is 11.8 Å². The molecule has 0 amide bonds. The number of benzene rings is 1. The summed E-state index contributed by atoms with van der Waals surface area (Å²) >= 11 is 0. The molecule has 3 rings (SSSR count). The van der Waals surface area contributed by atoms with Gasteiger partial charge in [0.15, 0.2) is 0 Å². The van der Waals surface area contributed by atoms with E-state index in [1.165, 1.54) is 20.3 Å². The van der Waals surface area contributed by atoms with Crippen molar-refractivity contribution < 1.29 is 17.9 Å². The zero-order valence-corrected chi connectivity index (χ0v) is 18.2. The molecule has 10 nitrogen and oxygen atoms in total. The summed E-state index contributed by atoms with van der Waals surface area (Å²) in [6.45, 7) is 2.21. The molecule has 0 radical (unpaired) electrons. The van der Waals surface area contributed by atoms with Crippen LogP contribution < -0.4 is 24.8 Å². The number of nitrogens with zero attached hydrogens (tertiary/aromatic N) is 3. The number of aromatic nitrogens is 3. The number of anilines is 3. The summed E-state index contributed by atoms with van der Waals surface area (Å²) in [4.78, 5) is 12.9. The fourth-order valence-corrected chi connectivity index (χ4v) is 3.95. The molecule has 0 fully saturated rings. The smallest absolute Gasteiger partial charge is 0.244 e. The van der Waals surface area contributed by atoms with Gasteiger partial charge < -0.3 is 20.1 Å². The van der Waals surface area contributed by atoms with Gasteiger partial charge in [-0.3, -0.25) is 0 Å². The number of rotatable bonds is 10. The van der Waals surface area contributed by atoms with E-state index < -0.39 is 10.0 Å². The number of pyridine rings is 1. The lowest BCUT2D eigenvalue weighted by Gasteiger charge is -2.13. The van der Waals surface area contributed by atoms with Gasteiger partial charge >= 0.3 is 0 Å². The Balaban J connectivity index is 1.62. The molecule has 0 atom stereocenters. The Morgan fingerprint density at radius 2 is 1.74 bits per heavy atom. The van der Waals surface area contributed by atoms with Crippen LogP contribution in [0.25, 0.3) is 0 Å². The van der Waals surface area contributed by atoms with Gasteiger partial charge in [-0.1, -0.05) is 6.07 Å². The Kier molecular flexibility index (Phi) is 7.21. The van der Waals surface area contributed by atoms with Gasteiger partial charge in [0.25, 0.3) is 0 Å². The largest absolute Gasteiger partial charge is 0.497 e. The Bertz CT molecular complexity index is 1130. The topological polar surface area (TPSA) is 127 Å². The van der Waals surface area contributed by atoms with Gasteiger partial charge in [-0.15, -0.1) is 0 Å². The summed E-state index contributed by atoms with van der Waals surface area (Å²) in [6, 6.07) is 11.8. The number of hydrogen-bond acceptors (Lipinski definition) is 9. The van der Waals surface area contributed by atoms with E-state index in [2.05, 4.69) is 30.3 Å². The van der Waals surface area contributed by atoms with Crippen molar-refractivity contribution in [1.29, 1.82) is 0 Å². The van der Waals surface area contributed by atoms with Crippen molar-refractivity contribution in [2.24, 2.45) is 0 Å². The van der Waals surface area contributed by atoms with Gasteiger partial charge in [0.1, 0.15) is 39.7 Å². The Morgan fingerprint density at radius 3 is 2.45 bits per heavy atom. The summed E-state index contributed by atoms with van der Waals surface area (Å²) in [7, 11) is -0.914. The molecule has 0 saturated carbocycles. The lowest BCUT2D eigenvalue weighted by molar-refractivity contribution is 0.392. The van der Waals surface area contributed by atoms with Crippen molar-refractivity contribution in [1.82, 2.24) is 19.7 Å². The van der Waals surface area contributed by atoms with E-state index >= 15 is 0 Å². The Labute approximate surface area is 181 Å². The molecule has 2 aromatic heterocycles. The second kappa shape index (κ2) is 10.0. The molecule has 11 heteroatoms. The van der Waals surface area contributed by atoms with Gasteiger partial charge in [-0.2, -0.15) is 0 Å². The van der Waals surface area contributed by atoms with Crippen LogP contribution in [0, 0.1) is 6.92 Å². The minimum absolute atomic E-state index is 0.00841. The highest BCUT2D eigenvalue weighted by atomic mass is 32.2. The van der Waals surface area contributed by atoms with Gasteiger partial charge in [-0.25, -0.2) is 28.1 Å². The van der Waals surface area contributed by atoms with Gasteiger partial charge in [0, 0.05) is 31.4 Å². The third kappa shape index (κ3) is 6.03. The van der Waals surface area contributed by atoms with E-state index in [0.717, 1.165) is 0 Å². The maximum absolute atomic E-state index is 12.7. The first-order valence-electron chi connectivity index (χ1n) is 9.40. The van der Waals surface area contributed by atoms with Gasteiger partial charge in [0.05, 0.1) is 14.2 Å².